The molecule has 2 aromatic rings. The third kappa shape index (κ3) is 2.15. The van der Waals surface area contributed by atoms with Crippen LogP contribution in [-0.2, 0) is 11.3 Å². The van der Waals surface area contributed by atoms with Crippen molar-refractivity contribution in [3.8, 4) is 0 Å². The Morgan fingerprint density at radius 3 is 3.07 bits per heavy atom. The van der Waals surface area contributed by atoms with Gasteiger partial charge in [-0.2, -0.15) is 0 Å². The van der Waals surface area contributed by atoms with E-state index in [0.717, 1.165) is 16.7 Å². The Bertz CT molecular complexity index is 502. The quantitative estimate of drug-likeness (QED) is 0.811. The number of nitrogens with zero attached hydrogens (tertiary/aromatic N) is 1. The van der Waals surface area contributed by atoms with E-state index in [1.807, 2.05) is 25.1 Å². The van der Waals surface area contributed by atoms with Crippen LogP contribution in [0.15, 0.2) is 22.6 Å². The van der Waals surface area contributed by atoms with E-state index in [0.29, 0.717) is 12.4 Å². The lowest BCUT2D eigenvalue weighted by molar-refractivity contribution is -0.119. The molecule has 0 aliphatic carbocycles. The van der Waals surface area contributed by atoms with Gasteiger partial charge >= 0.3 is 0 Å². The van der Waals surface area contributed by atoms with Crippen molar-refractivity contribution >= 4 is 17.0 Å². The molecule has 0 saturated heterocycles. The second-order valence-corrected chi connectivity index (χ2v) is 3.44. The van der Waals surface area contributed by atoms with Gasteiger partial charge in [0.2, 0.25) is 5.91 Å². The van der Waals surface area contributed by atoms with Gasteiger partial charge in [-0.15, -0.1) is 0 Å². The van der Waals surface area contributed by atoms with Gasteiger partial charge in [0.1, 0.15) is 5.52 Å². The van der Waals surface area contributed by atoms with Crippen molar-refractivity contribution in [2.75, 3.05) is 0 Å². The smallest absolute Gasteiger partial charge is 0.217 e. The second-order valence-electron chi connectivity index (χ2n) is 3.44. The largest absolute Gasteiger partial charge is 0.441 e. The Morgan fingerprint density at radius 2 is 2.33 bits per heavy atom. The fraction of sp³-hybridized carbons (Fsp3) is 0.273. The maximum absolute atomic E-state index is 10.7. The number of aryl methyl sites for hydroxylation is 1. The molecule has 0 saturated carbocycles. The van der Waals surface area contributed by atoms with E-state index in [-0.39, 0.29) is 5.91 Å². The molecule has 0 bridgehead atoms. The summed E-state index contributed by atoms with van der Waals surface area (Å²) in [6, 6.07) is 5.72. The zero-order chi connectivity index (χ0) is 10.8. The highest BCUT2D eigenvalue weighted by Crippen LogP contribution is 2.16. The van der Waals surface area contributed by atoms with Crippen LogP contribution < -0.4 is 5.32 Å². The zero-order valence-corrected chi connectivity index (χ0v) is 8.70. The van der Waals surface area contributed by atoms with Crippen LogP contribution in [-0.4, -0.2) is 10.9 Å². The lowest BCUT2D eigenvalue weighted by atomic mass is 10.2. The summed E-state index contributed by atoms with van der Waals surface area (Å²) < 4.78 is 5.39. The van der Waals surface area contributed by atoms with E-state index in [4.69, 9.17) is 4.42 Å². The first-order chi connectivity index (χ1) is 7.15. The van der Waals surface area contributed by atoms with Gasteiger partial charge in [-0.25, -0.2) is 4.98 Å². The van der Waals surface area contributed by atoms with Crippen LogP contribution in [0.1, 0.15) is 18.4 Å². The van der Waals surface area contributed by atoms with E-state index in [1.54, 1.807) is 0 Å². The van der Waals surface area contributed by atoms with Gasteiger partial charge in [-0.1, -0.05) is 6.07 Å². The number of oxazole rings is 1. The van der Waals surface area contributed by atoms with Gasteiger partial charge in [-0.05, 0) is 17.7 Å². The summed E-state index contributed by atoms with van der Waals surface area (Å²) in [4.78, 5) is 14.9. The third-order valence-corrected chi connectivity index (χ3v) is 2.10. The van der Waals surface area contributed by atoms with E-state index >= 15 is 0 Å². The molecule has 2 rings (SSSR count). The first-order valence-corrected chi connectivity index (χ1v) is 4.75. The van der Waals surface area contributed by atoms with Crippen molar-refractivity contribution < 1.29 is 9.21 Å². The number of hydrogen-bond donors (Lipinski definition) is 1. The molecule has 4 heteroatoms. The molecule has 4 nitrogen and oxygen atoms in total. The summed E-state index contributed by atoms with van der Waals surface area (Å²) in [5, 5.41) is 2.73. The number of benzene rings is 1. The zero-order valence-electron chi connectivity index (χ0n) is 8.70. The molecule has 0 unspecified atom stereocenters. The molecule has 1 amide bonds. The van der Waals surface area contributed by atoms with Crippen LogP contribution >= 0.6 is 0 Å². The minimum atomic E-state index is -0.0381. The van der Waals surface area contributed by atoms with Crippen molar-refractivity contribution in [1.29, 1.82) is 0 Å². The number of hydrogen-bond acceptors (Lipinski definition) is 3. The number of nitrogens with one attached hydrogen (secondary N) is 1. The Hall–Kier alpha value is -1.84. The topological polar surface area (TPSA) is 55.1 Å². The highest BCUT2D eigenvalue weighted by Gasteiger charge is 2.03. The maximum atomic E-state index is 10.7. The average Bonchev–Trinajstić information content (AvgIpc) is 2.53. The minimum Gasteiger partial charge on any atom is -0.441 e. The number of amides is 1. The molecule has 1 aromatic carbocycles. The molecule has 1 heterocycles. The van der Waals surface area contributed by atoms with E-state index in [2.05, 4.69) is 10.3 Å². The van der Waals surface area contributed by atoms with Gasteiger partial charge < -0.3 is 9.73 Å². The second kappa shape index (κ2) is 3.73. The van der Waals surface area contributed by atoms with Crippen molar-refractivity contribution in [3.05, 3.63) is 29.7 Å². The van der Waals surface area contributed by atoms with Crippen molar-refractivity contribution in [2.45, 2.75) is 20.4 Å². The first kappa shape index (κ1) is 9.71. The van der Waals surface area contributed by atoms with Gasteiger partial charge in [0, 0.05) is 20.4 Å². The summed E-state index contributed by atoms with van der Waals surface area (Å²) >= 11 is 0. The highest BCUT2D eigenvalue weighted by atomic mass is 16.3. The lowest BCUT2D eigenvalue weighted by Crippen LogP contribution is -2.18. The van der Waals surface area contributed by atoms with E-state index in [9.17, 15) is 4.79 Å². The predicted molar refractivity (Wildman–Crippen MR) is 56.3 cm³/mol. The first-order valence-electron chi connectivity index (χ1n) is 4.75. The molecular formula is C11H12N2O2. The van der Waals surface area contributed by atoms with Crippen LogP contribution in [0.25, 0.3) is 11.1 Å². The SMILES string of the molecule is CC(=O)NCc1ccc2nc(C)oc2c1. The Labute approximate surface area is 87.3 Å². The third-order valence-electron chi connectivity index (χ3n) is 2.10. The van der Waals surface area contributed by atoms with Crippen molar-refractivity contribution in [3.63, 3.8) is 0 Å². The fourth-order valence-electron chi connectivity index (χ4n) is 1.42. The molecule has 0 aliphatic rings. The van der Waals surface area contributed by atoms with Gasteiger partial charge in [-0.3, -0.25) is 4.79 Å². The molecule has 0 fully saturated rings. The molecule has 0 aliphatic heterocycles. The highest BCUT2D eigenvalue weighted by molar-refractivity contribution is 5.74. The number of aromatic nitrogens is 1. The summed E-state index contributed by atoms with van der Waals surface area (Å²) in [5.41, 5.74) is 2.61. The summed E-state index contributed by atoms with van der Waals surface area (Å²) in [6.45, 7) is 3.83. The predicted octanol–water partition coefficient (Wildman–Crippen LogP) is 1.77. The van der Waals surface area contributed by atoms with Gasteiger partial charge in [0.25, 0.3) is 0 Å². The van der Waals surface area contributed by atoms with E-state index in [1.165, 1.54) is 6.92 Å². The van der Waals surface area contributed by atoms with Crippen LogP contribution in [0.3, 0.4) is 0 Å². The normalized spacial score (nSPS) is 10.5. The summed E-state index contributed by atoms with van der Waals surface area (Å²) in [5.74, 6) is 0.616. The lowest BCUT2D eigenvalue weighted by Gasteiger charge is -2.00. The molecule has 1 aromatic heterocycles. The number of carbonyl (C=O) groups excluding carboxylic acids is 1. The van der Waals surface area contributed by atoms with Crippen LogP contribution in [0, 0.1) is 6.92 Å². The van der Waals surface area contributed by atoms with Crippen LogP contribution in [0.4, 0.5) is 0 Å². The summed E-state index contributed by atoms with van der Waals surface area (Å²) in [6.07, 6.45) is 0. The molecule has 0 atom stereocenters. The molecular weight excluding hydrogens is 192 g/mol. The average molecular weight is 204 g/mol. The Balaban J connectivity index is 2.26. The van der Waals surface area contributed by atoms with Crippen molar-refractivity contribution in [1.82, 2.24) is 10.3 Å². The Kier molecular flexibility index (Phi) is 2.41. The van der Waals surface area contributed by atoms with Crippen molar-refractivity contribution in [2.24, 2.45) is 0 Å². The summed E-state index contributed by atoms with van der Waals surface area (Å²) in [7, 11) is 0. The number of fused-ring (bicyclic) bond motifs is 1. The van der Waals surface area contributed by atoms with Gasteiger partial charge in [0.15, 0.2) is 11.5 Å². The van der Waals surface area contributed by atoms with Crippen LogP contribution in [0.5, 0.6) is 0 Å². The standard InChI is InChI=1S/C11H12N2O2/c1-7(14)12-6-9-3-4-10-11(5-9)15-8(2)13-10/h3-5H,6H2,1-2H3,(H,12,14). The molecule has 0 spiro atoms. The van der Waals surface area contributed by atoms with E-state index < -0.39 is 0 Å². The number of carbonyl (C=O) groups is 1. The minimum absolute atomic E-state index is 0.0381. The van der Waals surface area contributed by atoms with Gasteiger partial charge in [0.05, 0.1) is 0 Å². The Morgan fingerprint density at radius 1 is 1.53 bits per heavy atom. The maximum Gasteiger partial charge on any atom is 0.217 e. The fourth-order valence-corrected chi connectivity index (χ4v) is 1.42. The van der Waals surface area contributed by atoms with Crippen LogP contribution in [0.2, 0.25) is 0 Å². The molecule has 0 radical (unpaired) electrons. The molecule has 15 heavy (non-hydrogen) atoms. The molecule has 78 valence electrons. The monoisotopic (exact) mass is 204 g/mol. The molecule has 1 N–H and O–H groups in total. The number of rotatable bonds is 2.